The molecule has 24 heavy (non-hydrogen) atoms. The first-order valence-corrected chi connectivity index (χ1v) is 7.06. The number of benzene rings is 1. The maximum Gasteiger partial charge on any atom is 0.433 e. The second-order valence-electron chi connectivity index (χ2n) is 4.89. The number of cyclic esters (lactones) is 1. The van der Waals surface area contributed by atoms with Crippen LogP contribution >= 0.6 is 0 Å². The molecule has 1 fully saturated rings. The van der Waals surface area contributed by atoms with Crippen molar-refractivity contribution in [1.82, 2.24) is 5.01 Å². The van der Waals surface area contributed by atoms with Gasteiger partial charge in [0.1, 0.15) is 17.3 Å². The van der Waals surface area contributed by atoms with Crippen molar-refractivity contribution in [2.24, 2.45) is 5.10 Å². The largest absolute Gasteiger partial charge is 0.490 e. The molecule has 1 aromatic carbocycles. The van der Waals surface area contributed by atoms with Crippen LogP contribution in [0.2, 0.25) is 0 Å². The van der Waals surface area contributed by atoms with E-state index in [-0.39, 0.29) is 18.9 Å². The van der Waals surface area contributed by atoms with Crippen LogP contribution in [-0.2, 0) is 4.74 Å². The third-order valence-electron chi connectivity index (χ3n) is 3.15. The molecule has 0 saturated carbocycles. The Morgan fingerprint density at radius 3 is 2.83 bits per heavy atom. The number of carbonyl (C=O) groups excluding carboxylic acids is 1. The lowest BCUT2D eigenvalue weighted by molar-refractivity contribution is -0.402. The monoisotopic (exact) mass is 331 g/mol. The van der Waals surface area contributed by atoms with E-state index in [4.69, 9.17) is 13.9 Å². The van der Waals surface area contributed by atoms with Crippen molar-refractivity contribution in [2.75, 3.05) is 13.2 Å². The zero-order valence-electron chi connectivity index (χ0n) is 12.4. The van der Waals surface area contributed by atoms with Crippen molar-refractivity contribution >= 4 is 18.2 Å². The summed E-state index contributed by atoms with van der Waals surface area (Å²) in [5, 5.41) is 15.5. The summed E-state index contributed by atoms with van der Waals surface area (Å²) >= 11 is 0. The molecule has 1 atom stereocenters. The summed E-state index contributed by atoms with van der Waals surface area (Å²) < 4.78 is 15.6. The van der Waals surface area contributed by atoms with E-state index < -0.39 is 23.0 Å². The molecule has 9 heteroatoms. The number of amides is 1. The van der Waals surface area contributed by atoms with Crippen LogP contribution in [0.4, 0.5) is 10.7 Å². The van der Waals surface area contributed by atoms with Crippen LogP contribution in [0, 0.1) is 10.1 Å². The molecule has 1 aliphatic heterocycles. The maximum absolute atomic E-state index is 11.7. The van der Waals surface area contributed by atoms with E-state index in [0.29, 0.717) is 5.75 Å². The zero-order valence-corrected chi connectivity index (χ0v) is 12.4. The Balaban J connectivity index is 1.54. The first-order valence-electron chi connectivity index (χ1n) is 7.06. The van der Waals surface area contributed by atoms with E-state index in [1.807, 2.05) is 18.2 Å². The highest BCUT2D eigenvalue weighted by atomic mass is 16.6. The average molecular weight is 331 g/mol. The fraction of sp³-hybridized carbons (Fsp3) is 0.200. The van der Waals surface area contributed by atoms with Gasteiger partial charge in [0.15, 0.2) is 11.9 Å². The summed E-state index contributed by atoms with van der Waals surface area (Å²) in [5.41, 5.74) is 0. The van der Waals surface area contributed by atoms with Crippen LogP contribution in [0.25, 0.3) is 0 Å². The summed E-state index contributed by atoms with van der Waals surface area (Å²) in [7, 11) is 0. The second-order valence-corrected chi connectivity index (χ2v) is 4.89. The molecule has 1 aromatic heterocycles. The van der Waals surface area contributed by atoms with Gasteiger partial charge in [-0.15, -0.1) is 0 Å². The van der Waals surface area contributed by atoms with Gasteiger partial charge in [-0.05, 0) is 18.2 Å². The first kappa shape index (κ1) is 15.5. The van der Waals surface area contributed by atoms with E-state index in [1.54, 1.807) is 12.1 Å². The molecule has 0 aliphatic carbocycles. The second kappa shape index (κ2) is 6.82. The molecule has 3 rings (SSSR count). The highest BCUT2D eigenvalue weighted by Crippen LogP contribution is 2.17. The number of hydrogen-bond acceptors (Lipinski definition) is 7. The van der Waals surface area contributed by atoms with Crippen molar-refractivity contribution in [3.63, 3.8) is 0 Å². The van der Waals surface area contributed by atoms with Crippen molar-refractivity contribution in [3.05, 3.63) is 58.3 Å². The molecule has 1 unspecified atom stereocenters. The summed E-state index contributed by atoms with van der Waals surface area (Å²) in [4.78, 5) is 21.6. The lowest BCUT2D eigenvalue weighted by Crippen LogP contribution is -2.23. The van der Waals surface area contributed by atoms with Gasteiger partial charge >= 0.3 is 12.0 Å². The first-order chi connectivity index (χ1) is 11.6. The molecule has 9 nitrogen and oxygen atoms in total. The van der Waals surface area contributed by atoms with Gasteiger partial charge in [0, 0.05) is 0 Å². The number of furan rings is 1. The Hall–Kier alpha value is -3.36. The number of carbonyl (C=O) groups is 1. The van der Waals surface area contributed by atoms with Crippen LogP contribution in [-0.4, -0.2) is 41.5 Å². The van der Waals surface area contributed by atoms with Gasteiger partial charge in [0.05, 0.1) is 18.8 Å². The average Bonchev–Trinajstić information content (AvgIpc) is 3.19. The highest BCUT2D eigenvalue weighted by molar-refractivity contribution is 5.78. The summed E-state index contributed by atoms with van der Waals surface area (Å²) in [6.45, 7) is 0.416. The van der Waals surface area contributed by atoms with Crippen LogP contribution in [0.3, 0.4) is 0 Å². The van der Waals surface area contributed by atoms with Gasteiger partial charge in [-0.2, -0.15) is 10.1 Å². The molecule has 1 aliphatic rings. The molecule has 0 spiro atoms. The predicted octanol–water partition coefficient (Wildman–Crippen LogP) is 2.42. The Morgan fingerprint density at radius 2 is 2.12 bits per heavy atom. The van der Waals surface area contributed by atoms with E-state index >= 15 is 0 Å². The maximum atomic E-state index is 11.7. The van der Waals surface area contributed by atoms with Gasteiger partial charge in [-0.3, -0.25) is 10.1 Å². The van der Waals surface area contributed by atoms with Gasteiger partial charge in [-0.25, -0.2) is 4.79 Å². The van der Waals surface area contributed by atoms with Crippen LogP contribution in [0.5, 0.6) is 5.75 Å². The topological polar surface area (TPSA) is 107 Å². The molecule has 1 saturated heterocycles. The minimum absolute atomic E-state index is 0.165. The Morgan fingerprint density at radius 1 is 1.33 bits per heavy atom. The van der Waals surface area contributed by atoms with Gasteiger partial charge in [0.25, 0.3) is 0 Å². The molecule has 2 aromatic rings. The van der Waals surface area contributed by atoms with E-state index in [9.17, 15) is 14.9 Å². The molecule has 0 bridgehead atoms. The fourth-order valence-corrected chi connectivity index (χ4v) is 2.03. The van der Waals surface area contributed by atoms with Gasteiger partial charge in [0.2, 0.25) is 0 Å². The Bertz CT molecular complexity index is 758. The molecular formula is C15H13N3O6. The number of nitrogens with zero attached hydrogens (tertiary/aromatic N) is 3. The molecule has 0 N–H and O–H groups in total. The number of ether oxygens (including phenoxy) is 2. The lowest BCUT2D eigenvalue weighted by atomic mass is 10.3. The van der Waals surface area contributed by atoms with Crippen molar-refractivity contribution in [2.45, 2.75) is 6.10 Å². The zero-order chi connectivity index (χ0) is 16.9. The SMILES string of the molecule is O=C1OC(COc2ccccc2)CN1N=Cc1ccc([N+](=O)[O-])o1. The third kappa shape index (κ3) is 3.69. The number of rotatable bonds is 6. The summed E-state index contributed by atoms with van der Waals surface area (Å²) in [5.74, 6) is 0.450. The van der Waals surface area contributed by atoms with Crippen LogP contribution in [0.1, 0.15) is 5.76 Å². The lowest BCUT2D eigenvalue weighted by Gasteiger charge is -2.09. The quantitative estimate of drug-likeness (QED) is 0.457. The van der Waals surface area contributed by atoms with Crippen LogP contribution in [0.15, 0.2) is 52.0 Å². The minimum atomic E-state index is -0.654. The molecular weight excluding hydrogens is 318 g/mol. The van der Waals surface area contributed by atoms with Gasteiger partial charge < -0.3 is 13.9 Å². The Labute approximate surface area is 136 Å². The predicted molar refractivity (Wildman–Crippen MR) is 81.9 cm³/mol. The third-order valence-corrected chi connectivity index (χ3v) is 3.15. The number of hydrogen-bond donors (Lipinski definition) is 0. The smallest absolute Gasteiger partial charge is 0.433 e. The highest BCUT2D eigenvalue weighted by Gasteiger charge is 2.31. The van der Waals surface area contributed by atoms with Gasteiger partial charge in [-0.1, -0.05) is 18.2 Å². The minimum Gasteiger partial charge on any atom is -0.490 e. The fourth-order valence-electron chi connectivity index (χ4n) is 2.03. The summed E-state index contributed by atoms with van der Waals surface area (Å²) in [6, 6.07) is 11.8. The Kier molecular flexibility index (Phi) is 4.41. The number of para-hydroxylation sites is 1. The summed E-state index contributed by atoms with van der Waals surface area (Å²) in [6.07, 6.45) is 0.143. The molecule has 1 amide bonds. The molecule has 124 valence electrons. The van der Waals surface area contributed by atoms with E-state index in [1.165, 1.54) is 18.3 Å². The standard InChI is InChI=1S/C15H13N3O6/c19-15-17(16-8-12-6-7-14(23-12)18(20)21)9-13(24-15)10-22-11-4-2-1-3-5-11/h1-8,13H,9-10H2. The normalized spacial score (nSPS) is 17.2. The number of hydrazone groups is 1. The van der Waals surface area contributed by atoms with E-state index in [0.717, 1.165) is 5.01 Å². The van der Waals surface area contributed by atoms with Crippen molar-refractivity contribution < 1.29 is 23.6 Å². The molecule has 0 radical (unpaired) electrons. The van der Waals surface area contributed by atoms with Crippen molar-refractivity contribution in [1.29, 1.82) is 0 Å². The number of nitro groups is 1. The van der Waals surface area contributed by atoms with Crippen molar-refractivity contribution in [3.8, 4) is 5.75 Å². The van der Waals surface area contributed by atoms with E-state index in [2.05, 4.69) is 5.10 Å². The molecule has 2 heterocycles. The van der Waals surface area contributed by atoms with Crippen LogP contribution < -0.4 is 4.74 Å².